The fourth-order valence-corrected chi connectivity index (χ4v) is 1.05. The van der Waals surface area contributed by atoms with Crippen molar-refractivity contribution in [2.45, 2.75) is 0 Å². The molecular formula is C8H7ClN2O2. The standard InChI is InChI=1S/C8H6N2O2.ClH/c11-8(12)6-1-2-10-5-9-4-7(10)3-6;/h1-5H,(H,11,12);1H. The van der Waals surface area contributed by atoms with Gasteiger partial charge in [0.05, 0.1) is 23.6 Å². The second kappa shape index (κ2) is 3.45. The Labute approximate surface area is 80.2 Å². The highest BCUT2D eigenvalue weighted by atomic mass is 35.5. The molecule has 13 heavy (non-hydrogen) atoms. The molecule has 0 aromatic carbocycles. The van der Waals surface area contributed by atoms with Crippen molar-refractivity contribution in [3.8, 4) is 0 Å². The Kier molecular flexibility index (Phi) is 2.53. The van der Waals surface area contributed by atoms with Crippen LogP contribution >= 0.6 is 12.4 Å². The van der Waals surface area contributed by atoms with E-state index in [4.69, 9.17) is 5.11 Å². The summed E-state index contributed by atoms with van der Waals surface area (Å²) in [4.78, 5) is 14.4. The van der Waals surface area contributed by atoms with Gasteiger partial charge in [-0.1, -0.05) is 0 Å². The number of rotatable bonds is 1. The van der Waals surface area contributed by atoms with E-state index in [0.29, 0.717) is 0 Å². The summed E-state index contributed by atoms with van der Waals surface area (Å²) >= 11 is 0. The molecule has 0 aliphatic rings. The molecule has 0 spiro atoms. The largest absolute Gasteiger partial charge is 0.478 e. The van der Waals surface area contributed by atoms with Gasteiger partial charge in [-0.25, -0.2) is 9.78 Å². The predicted molar refractivity (Wildman–Crippen MR) is 49.4 cm³/mol. The summed E-state index contributed by atoms with van der Waals surface area (Å²) in [6, 6.07) is 3.12. The van der Waals surface area contributed by atoms with Crippen LogP contribution in [-0.2, 0) is 0 Å². The van der Waals surface area contributed by atoms with Crippen LogP contribution in [0.2, 0.25) is 0 Å². The van der Waals surface area contributed by atoms with Gasteiger partial charge in [0.1, 0.15) is 0 Å². The fraction of sp³-hybridized carbons (Fsp3) is 0. The molecule has 5 heteroatoms. The smallest absolute Gasteiger partial charge is 0.335 e. The first-order valence-corrected chi connectivity index (χ1v) is 3.42. The van der Waals surface area contributed by atoms with Crippen LogP contribution in [0.15, 0.2) is 30.9 Å². The van der Waals surface area contributed by atoms with Gasteiger partial charge >= 0.3 is 5.97 Å². The van der Waals surface area contributed by atoms with Gasteiger partial charge in [-0.15, -0.1) is 12.4 Å². The lowest BCUT2D eigenvalue weighted by atomic mass is 10.2. The maximum Gasteiger partial charge on any atom is 0.335 e. The second-order valence-electron chi connectivity index (χ2n) is 2.45. The van der Waals surface area contributed by atoms with E-state index in [2.05, 4.69) is 4.98 Å². The summed E-state index contributed by atoms with van der Waals surface area (Å²) in [7, 11) is 0. The lowest BCUT2D eigenvalue weighted by molar-refractivity contribution is 0.0697. The van der Waals surface area contributed by atoms with E-state index in [1.807, 2.05) is 0 Å². The number of imidazole rings is 1. The number of aromatic nitrogens is 2. The Morgan fingerprint density at radius 2 is 2.31 bits per heavy atom. The van der Waals surface area contributed by atoms with Gasteiger partial charge in [0, 0.05) is 6.20 Å². The summed E-state index contributed by atoms with van der Waals surface area (Å²) in [5.74, 6) is -0.918. The molecule has 0 saturated carbocycles. The Balaban J connectivity index is 0.000000845. The van der Waals surface area contributed by atoms with E-state index in [1.165, 1.54) is 6.07 Å². The minimum absolute atomic E-state index is 0. The van der Waals surface area contributed by atoms with Crippen molar-refractivity contribution in [2.24, 2.45) is 0 Å². The molecule has 2 aromatic rings. The number of fused-ring (bicyclic) bond motifs is 1. The van der Waals surface area contributed by atoms with Crippen molar-refractivity contribution in [3.63, 3.8) is 0 Å². The number of halogens is 1. The molecule has 0 aliphatic heterocycles. The summed E-state index contributed by atoms with van der Waals surface area (Å²) < 4.78 is 1.76. The Morgan fingerprint density at radius 1 is 1.54 bits per heavy atom. The molecule has 0 radical (unpaired) electrons. The number of carboxylic acid groups (broad SMARTS) is 1. The van der Waals surface area contributed by atoms with Crippen LogP contribution in [0.1, 0.15) is 10.4 Å². The van der Waals surface area contributed by atoms with Crippen molar-refractivity contribution < 1.29 is 9.90 Å². The highest BCUT2D eigenvalue weighted by molar-refractivity contribution is 5.88. The van der Waals surface area contributed by atoms with Crippen molar-refractivity contribution in [1.82, 2.24) is 9.38 Å². The van der Waals surface area contributed by atoms with Gasteiger partial charge in [0.15, 0.2) is 0 Å². The lowest BCUT2D eigenvalue weighted by Gasteiger charge is -1.94. The zero-order valence-corrected chi connectivity index (χ0v) is 7.36. The van der Waals surface area contributed by atoms with Crippen LogP contribution in [0.5, 0.6) is 0 Å². The summed E-state index contributed by atoms with van der Waals surface area (Å²) in [6.45, 7) is 0. The van der Waals surface area contributed by atoms with Crippen molar-refractivity contribution in [1.29, 1.82) is 0 Å². The summed E-state index contributed by atoms with van der Waals surface area (Å²) in [5.41, 5.74) is 1.07. The average molecular weight is 199 g/mol. The highest BCUT2D eigenvalue weighted by Gasteiger charge is 2.02. The van der Waals surface area contributed by atoms with Crippen LogP contribution in [0.4, 0.5) is 0 Å². The summed E-state index contributed by atoms with van der Waals surface area (Å²) in [6.07, 6.45) is 4.92. The molecule has 0 aliphatic carbocycles. The zero-order valence-electron chi connectivity index (χ0n) is 6.54. The number of hydrogen-bond acceptors (Lipinski definition) is 2. The molecule has 68 valence electrons. The predicted octanol–water partition coefficient (Wildman–Crippen LogP) is 1.45. The third kappa shape index (κ3) is 1.62. The zero-order chi connectivity index (χ0) is 8.55. The Morgan fingerprint density at radius 3 is 3.00 bits per heavy atom. The van der Waals surface area contributed by atoms with E-state index in [1.54, 1.807) is 29.2 Å². The van der Waals surface area contributed by atoms with Crippen molar-refractivity contribution >= 4 is 23.9 Å². The third-order valence-electron chi connectivity index (χ3n) is 1.66. The van der Waals surface area contributed by atoms with E-state index in [-0.39, 0.29) is 18.0 Å². The van der Waals surface area contributed by atoms with Gasteiger partial charge in [-0.05, 0) is 12.1 Å². The van der Waals surface area contributed by atoms with Crippen LogP contribution in [0.25, 0.3) is 5.52 Å². The van der Waals surface area contributed by atoms with Gasteiger partial charge < -0.3 is 9.51 Å². The molecule has 0 atom stereocenters. The average Bonchev–Trinajstić information content (AvgIpc) is 2.49. The SMILES string of the molecule is Cl.O=C(O)c1ccn2cncc2c1. The second-order valence-corrected chi connectivity index (χ2v) is 2.45. The molecular weight excluding hydrogens is 192 g/mol. The van der Waals surface area contributed by atoms with Gasteiger partial charge in [-0.2, -0.15) is 0 Å². The molecule has 1 N–H and O–H groups in total. The quantitative estimate of drug-likeness (QED) is 0.755. The van der Waals surface area contributed by atoms with E-state index < -0.39 is 5.97 Å². The van der Waals surface area contributed by atoms with Gasteiger partial charge in [0.25, 0.3) is 0 Å². The molecule has 0 saturated heterocycles. The van der Waals surface area contributed by atoms with Crippen molar-refractivity contribution in [2.75, 3.05) is 0 Å². The van der Waals surface area contributed by atoms with E-state index in [9.17, 15) is 4.79 Å². The van der Waals surface area contributed by atoms with Crippen LogP contribution in [0.3, 0.4) is 0 Å². The van der Waals surface area contributed by atoms with E-state index in [0.717, 1.165) is 5.52 Å². The van der Waals surface area contributed by atoms with Crippen molar-refractivity contribution in [3.05, 3.63) is 36.4 Å². The number of hydrogen-bond donors (Lipinski definition) is 1. The maximum absolute atomic E-state index is 10.5. The first-order valence-electron chi connectivity index (χ1n) is 3.42. The molecule has 4 nitrogen and oxygen atoms in total. The number of pyridine rings is 1. The minimum Gasteiger partial charge on any atom is -0.478 e. The Bertz CT molecular complexity index is 438. The molecule has 2 aromatic heterocycles. The van der Waals surface area contributed by atoms with Crippen LogP contribution < -0.4 is 0 Å². The molecule has 0 bridgehead atoms. The molecule has 2 heterocycles. The monoisotopic (exact) mass is 198 g/mol. The van der Waals surface area contributed by atoms with Gasteiger partial charge in [-0.3, -0.25) is 0 Å². The first kappa shape index (κ1) is 9.54. The topological polar surface area (TPSA) is 54.6 Å². The Hall–Kier alpha value is -1.55. The lowest BCUT2D eigenvalue weighted by Crippen LogP contribution is -1.96. The molecule has 0 amide bonds. The van der Waals surface area contributed by atoms with Crippen LogP contribution in [-0.4, -0.2) is 20.5 Å². The molecule has 2 rings (SSSR count). The minimum atomic E-state index is -0.918. The van der Waals surface area contributed by atoms with Crippen LogP contribution in [0, 0.1) is 0 Å². The number of nitrogens with zero attached hydrogens (tertiary/aromatic N) is 2. The first-order chi connectivity index (χ1) is 5.77. The number of carboxylic acids is 1. The number of aromatic carboxylic acids is 1. The summed E-state index contributed by atoms with van der Waals surface area (Å²) in [5, 5.41) is 8.65. The third-order valence-corrected chi connectivity index (χ3v) is 1.66. The highest BCUT2D eigenvalue weighted by Crippen LogP contribution is 2.05. The molecule has 0 unspecified atom stereocenters. The maximum atomic E-state index is 10.5. The van der Waals surface area contributed by atoms with Gasteiger partial charge in [0.2, 0.25) is 0 Å². The molecule has 0 fully saturated rings. The fourth-order valence-electron chi connectivity index (χ4n) is 1.05. The van der Waals surface area contributed by atoms with E-state index >= 15 is 0 Å². The normalized spacial score (nSPS) is 9.54. The number of carbonyl (C=O) groups is 1.